The van der Waals surface area contributed by atoms with Crippen LogP contribution in [0.5, 0.6) is 0 Å². The SMILES string of the molecule is CC(C)[C@@H](C=O)NC(=O)c1ccc(-c2ccc(Nc3nc4cnccc4s3)cc2)cc1. The fourth-order valence-electron chi connectivity index (χ4n) is 3.11. The van der Waals surface area contributed by atoms with Gasteiger partial charge in [0.1, 0.15) is 11.8 Å². The summed E-state index contributed by atoms with van der Waals surface area (Å²) in [6, 6.07) is 16.9. The third-order valence-corrected chi connectivity index (χ3v) is 5.92. The molecular formula is C24H22N4O2S. The number of rotatable bonds is 7. The third kappa shape index (κ3) is 4.78. The Balaban J connectivity index is 1.44. The fourth-order valence-corrected chi connectivity index (χ4v) is 3.96. The highest BCUT2D eigenvalue weighted by atomic mass is 32.1. The normalized spacial score (nSPS) is 12.0. The van der Waals surface area contributed by atoms with E-state index in [0.717, 1.165) is 38.4 Å². The lowest BCUT2D eigenvalue weighted by Crippen LogP contribution is -2.39. The largest absolute Gasteiger partial charge is 0.342 e. The van der Waals surface area contributed by atoms with E-state index < -0.39 is 6.04 Å². The summed E-state index contributed by atoms with van der Waals surface area (Å²) in [5.74, 6) is -0.199. The first-order valence-corrected chi connectivity index (χ1v) is 10.8. The summed E-state index contributed by atoms with van der Waals surface area (Å²) in [7, 11) is 0. The number of anilines is 2. The minimum Gasteiger partial charge on any atom is -0.342 e. The molecule has 0 aliphatic heterocycles. The number of nitrogens with zero attached hydrogens (tertiary/aromatic N) is 2. The van der Waals surface area contributed by atoms with E-state index >= 15 is 0 Å². The topological polar surface area (TPSA) is 84.0 Å². The maximum absolute atomic E-state index is 12.4. The van der Waals surface area contributed by atoms with Crippen molar-refractivity contribution in [3.05, 3.63) is 72.6 Å². The number of carbonyl (C=O) groups excluding carboxylic acids is 2. The zero-order valence-corrected chi connectivity index (χ0v) is 18.0. The Kier molecular flexibility index (Phi) is 6.04. The van der Waals surface area contributed by atoms with Crippen LogP contribution < -0.4 is 10.6 Å². The number of aromatic nitrogens is 2. The quantitative estimate of drug-likeness (QED) is 0.401. The van der Waals surface area contributed by atoms with Gasteiger partial charge in [0.15, 0.2) is 5.13 Å². The second-order valence-corrected chi connectivity index (χ2v) is 8.55. The Hall–Kier alpha value is -3.58. The van der Waals surface area contributed by atoms with Gasteiger partial charge in [-0.1, -0.05) is 49.4 Å². The van der Waals surface area contributed by atoms with Crippen LogP contribution in [0.15, 0.2) is 67.0 Å². The van der Waals surface area contributed by atoms with Crippen LogP contribution in [0.4, 0.5) is 10.8 Å². The fraction of sp³-hybridized carbons (Fsp3) is 0.167. The number of nitrogens with one attached hydrogen (secondary N) is 2. The first-order chi connectivity index (χ1) is 15.0. The number of thiazole rings is 1. The van der Waals surface area contributed by atoms with E-state index in [-0.39, 0.29) is 11.8 Å². The second kappa shape index (κ2) is 9.06. The molecule has 1 amide bonds. The monoisotopic (exact) mass is 430 g/mol. The number of amides is 1. The number of carbonyl (C=O) groups is 2. The van der Waals surface area contributed by atoms with Crippen LogP contribution in [-0.4, -0.2) is 28.2 Å². The minimum atomic E-state index is -0.487. The van der Waals surface area contributed by atoms with Crippen LogP contribution in [0.3, 0.4) is 0 Å². The van der Waals surface area contributed by atoms with Gasteiger partial charge < -0.3 is 15.4 Å². The molecule has 0 spiro atoms. The van der Waals surface area contributed by atoms with Gasteiger partial charge in [0.05, 0.1) is 16.9 Å². The molecule has 7 heteroatoms. The summed E-state index contributed by atoms with van der Waals surface area (Å²) in [5, 5.41) is 6.91. The minimum absolute atomic E-state index is 0.0484. The zero-order chi connectivity index (χ0) is 21.8. The van der Waals surface area contributed by atoms with Crippen molar-refractivity contribution in [1.29, 1.82) is 0 Å². The predicted octanol–water partition coefficient (Wildman–Crippen LogP) is 5.06. The molecule has 2 aromatic heterocycles. The molecule has 0 radical (unpaired) electrons. The Bertz CT molecular complexity index is 1170. The molecule has 31 heavy (non-hydrogen) atoms. The van der Waals surface area contributed by atoms with Crippen LogP contribution in [0, 0.1) is 5.92 Å². The molecule has 0 fully saturated rings. The van der Waals surface area contributed by atoms with Gasteiger partial charge in [-0.05, 0) is 47.4 Å². The highest BCUT2D eigenvalue weighted by Crippen LogP contribution is 2.29. The Morgan fingerprint density at radius 3 is 2.29 bits per heavy atom. The maximum Gasteiger partial charge on any atom is 0.251 e. The van der Waals surface area contributed by atoms with Gasteiger partial charge in [-0.15, -0.1) is 0 Å². The molecular weight excluding hydrogens is 408 g/mol. The van der Waals surface area contributed by atoms with Crippen molar-refractivity contribution in [2.24, 2.45) is 5.92 Å². The Labute approximate surface area is 184 Å². The van der Waals surface area contributed by atoms with Crippen molar-refractivity contribution < 1.29 is 9.59 Å². The molecule has 2 heterocycles. The maximum atomic E-state index is 12.4. The smallest absolute Gasteiger partial charge is 0.251 e. The molecule has 2 aromatic carbocycles. The molecule has 0 aliphatic carbocycles. The van der Waals surface area contributed by atoms with E-state index in [0.29, 0.717) is 5.56 Å². The Morgan fingerprint density at radius 1 is 1.00 bits per heavy atom. The lowest BCUT2D eigenvalue weighted by molar-refractivity contribution is -0.110. The van der Waals surface area contributed by atoms with Crippen LogP contribution in [-0.2, 0) is 4.79 Å². The van der Waals surface area contributed by atoms with E-state index in [1.165, 1.54) is 0 Å². The molecule has 0 bridgehead atoms. The summed E-state index contributed by atoms with van der Waals surface area (Å²) in [6.07, 6.45) is 4.29. The standard InChI is InChI=1S/C24H22N4O2S/c1-15(2)21(14-29)27-23(30)18-5-3-16(4-6-18)17-7-9-19(10-8-17)26-24-28-20-13-25-12-11-22(20)31-24/h3-15,21H,1-2H3,(H,26,28)(H,27,30)/t21-/m1/s1. The molecule has 4 aromatic rings. The van der Waals surface area contributed by atoms with E-state index in [1.807, 2.05) is 56.3 Å². The first-order valence-electron chi connectivity index (χ1n) is 9.98. The van der Waals surface area contributed by atoms with Crippen molar-refractivity contribution in [1.82, 2.24) is 15.3 Å². The van der Waals surface area contributed by atoms with E-state index in [1.54, 1.807) is 35.9 Å². The number of hydrogen-bond acceptors (Lipinski definition) is 6. The van der Waals surface area contributed by atoms with E-state index in [2.05, 4.69) is 20.6 Å². The molecule has 0 saturated carbocycles. The van der Waals surface area contributed by atoms with Crippen molar-refractivity contribution in [3.63, 3.8) is 0 Å². The number of hydrogen-bond donors (Lipinski definition) is 2. The summed E-state index contributed by atoms with van der Waals surface area (Å²) in [4.78, 5) is 32.1. The van der Waals surface area contributed by atoms with Crippen LogP contribution in [0.2, 0.25) is 0 Å². The highest BCUT2D eigenvalue weighted by molar-refractivity contribution is 7.22. The summed E-state index contributed by atoms with van der Waals surface area (Å²) >= 11 is 1.58. The molecule has 2 N–H and O–H groups in total. The molecule has 6 nitrogen and oxygen atoms in total. The molecule has 0 unspecified atom stereocenters. The second-order valence-electron chi connectivity index (χ2n) is 7.52. The molecule has 156 valence electrons. The van der Waals surface area contributed by atoms with Gasteiger partial charge in [0.2, 0.25) is 0 Å². The van der Waals surface area contributed by atoms with Gasteiger partial charge in [0, 0.05) is 17.4 Å². The molecule has 0 aliphatic rings. The van der Waals surface area contributed by atoms with E-state index in [4.69, 9.17) is 0 Å². The number of aldehydes is 1. The van der Waals surface area contributed by atoms with Gasteiger partial charge in [-0.2, -0.15) is 0 Å². The van der Waals surface area contributed by atoms with Crippen LogP contribution in [0.25, 0.3) is 21.3 Å². The predicted molar refractivity (Wildman–Crippen MR) is 125 cm³/mol. The third-order valence-electron chi connectivity index (χ3n) is 4.97. The highest BCUT2D eigenvalue weighted by Gasteiger charge is 2.16. The Morgan fingerprint density at radius 2 is 1.68 bits per heavy atom. The van der Waals surface area contributed by atoms with Crippen molar-refractivity contribution >= 4 is 44.6 Å². The first kappa shape index (κ1) is 20.7. The molecule has 0 saturated heterocycles. The van der Waals surface area contributed by atoms with Gasteiger partial charge in [-0.3, -0.25) is 9.78 Å². The summed E-state index contributed by atoms with van der Waals surface area (Å²) in [5.41, 5.74) is 4.40. The summed E-state index contributed by atoms with van der Waals surface area (Å²) < 4.78 is 1.09. The lowest BCUT2D eigenvalue weighted by Gasteiger charge is -2.16. The summed E-state index contributed by atoms with van der Waals surface area (Å²) in [6.45, 7) is 3.80. The van der Waals surface area contributed by atoms with Gasteiger partial charge >= 0.3 is 0 Å². The number of pyridine rings is 1. The van der Waals surface area contributed by atoms with Crippen LogP contribution in [0.1, 0.15) is 24.2 Å². The van der Waals surface area contributed by atoms with Crippen molar-refractivity contribution in [3.8, 4) is 11.1 Å². The lowest BCUT2D eigenvalue weighted by atomic mass is 10.0. The van der Waals surface area contributed by atoms with Crippen molar-refractivity contribution in [2.75, 3.05) is 5.32 Å². The number of benzene rings is 2. The van der Waals surface area contributed by atoms with Gasteiger partial charge in [0.25, 0.3) is 5.91 Å². The molecule has 4 rings (SSSR count). The van der Waals surface area contributed by atoms with Crippen LogP contribution >= 0.6 is 11.3 Å². The average molecular weight is 431 g/mol. The molecule has 1 atom stereocenters. The van der Waals surface area contributed by atoms with Crippen molar-refractivity contribution in [2.45, 2.75) is 19.9 Å². The average Bonchev–Trinajstić information content (AvgIpc) is 3.20. The van der Waals surface area contributed by atoms with Gasteiger partial charge in [-0.25, -0.2) is 4.98 Å². The van der Waals surface area contributed by atoms with E-state index in [9.17, 15) is 9.59 Å². The zero-order valence-electron chi connectivity index (χ0n) is 17.2. The number of fused-ring (bicyclic) bond motifs is 1.